The van der Waals surface area contributed by atoms with Crippen molar-refractivity contribution in [1.82, 2.24) is 5.32 Å². The van der Waals surface area contributed by atoms with Gasteiger partial charge < -0.3 is 14.8 Å². The number of carbonyl (C=O) groups is 1. The third-order valence-corrected chi connectivity index (χ3v) is 4.40. The Morgan fingerprint density at radius 1 is 1.35 bits per heavy atom. The number of fused-ring (bicyclic) bond motifs is 1. The van der Waals surface area contributed by atoms with Gasteiger partial charge in [-0.1, -0.05) is 18.2 Å². The molecule has 1 aliphatic rings. The third kappa shape index (κ3) is 3.45. The van der Waals surface area contributed by atoms with E-state index in [2.05, 4.69) is 5.32 Å². The van der Waals surface area contributed by atoms with Crippen molar-refractivity contribution in [3.63, 3.8) is 0 Å². The monoisotopic (exact) mass is 317 g/mol. The fourth-order valence-electron chi connectivity index (χ4n) is 3.09. The number of hydrogen-bond donors (Lipinski definition) is 2. The highest BCUT2D eigenvalue weighted by Crippen LogP contribution is 2.35. The second-order valence-corrected chi connectivity index (χ2v) is 6.01. The van der Waals surface area contributed by atoms with E-state index >= 15 is 0 Å². The molecule has 1 atom stereocenters. The van der Waals surface area contributed by atoms with E-state index in [-0.39, 0.29) is 24.7 Å². The van der Waals surface area contributed by atoms with E-state index in [0.717, 1.165) is 24.2 Å². The molecule has 1 unspecified atom stereocenters. The summed E-state index contributed by atoms with van der Waals surface area (Å²) in [6, 6.07) is 8.20. The van der Waals surface area contributed by atoms with Crippen LogP contribution in [0.5, 0.6) is 0 Å². The van der Waals surface area contributed by atoms with E-state index in [1.54, 1.807) is 30.5 Å². The minimum absolute atomic E-state index is 0.148. The van der Waals surface area contributed by atoms with Crippen molar-refractivity contribution >= 4 is 5.91 Å². The normalized spacial score (nSPS) is 20.1. The lowest BCUT2D eigenvalue weighted by Crippen LogP contribution is -2.42. The van der Waals surface area contributed by atoms with Crippen LogP contribution in [0.4, 0.5) is 4.39 Å². The summed E-state index contributed by atoms with van der Waals surface area (Å²) in [7, 11) is 0. The smallest absolute Gasteiger partial charge is 0.220 e. The zero-order valence-electron chi connectivity index (χ0n) is 12.8. The maximum absolute atomic E-state index is 13.5. The van der Waals surface area contributed by atoms with E-state index in [0.29, 0.717) is 18.4 Å². The number of hydrogen-bond acceptors (Lipinski definition) is 3. The molecule has 1 heterocycles. The van der Waals surface area contributed by atoms with Crippen molar-refractivity contribution in [3.8, 4) is 0 Å². The summed E-state index contributed by atoms with van der Waals surface area (Å²) >= 11 is 0. The number of aryl methyl sites for hydroxylation is 2. The number of amides is 1. The van der Waals surface area contributed by atoms with Gasteiger partial charge in [0, 0.05) is 18.4 Å². The van der Waals surface area contributed by atoms with Crippen molar-refractivity contribution in [2.24, 2.45) is 0 Å². The fraction of sp³-hybridized carbons (Fsp3) is 0.389. The van der Waals surface area contributed by atoms with Gasteiger partial charge in [0.15, 0.2) is 0 Å². The molecule has 0 aliphatic heterocycles. The van der Waals surface area contributed by atoms with Crippen molar-refractivity contribution in [1.29, 1.82) is 0 Å². The first-order chi connectivity index (χ1) is 11.1. The third-order valence-electron chi connectivity index (χ3n) is 4.40. The van der Waals surface area contributed by atoms with Crippen LogP contribution in [0.15, 0.2) is 41.0 Å². The quantitative estimate of drug-likeness (QED) is 0.891. The second kappa shape index (κ2) is 6.54. The van der Waals surface area contributed by atoms with Gasteiger partial charge in [-0.3, -0.25) is 4.79 Å². The number of rotatable bonds is 5. The predicted molar refractivity (Wildman–Crippen MR) is 83.3 cm³/mol. The molecule has 5 heteroatoms. The molecule has 23 heavy (non-hydrogen) atoms. The second-order valence-electron chi connectivity index (χ2n) is 6.01. The van der Waals surface area contributed by atoms with Crippen LogP contribution in [0.1, 0.15) is 36.1 Å². The summed E-state index contributed by atoms with van der Waals surface area (Å²) in [6.07, 6.45) is 4.32. The molecule has 0 radical (unpaired) electrons. The molecule has 3 rings (SSSR count). The van der Waals surface area contributed by atoms with Gasteiger partial charge >= 0.3 is 0 Å². The van der Waals surface area contributed by atoms with Gasteiger partial charge in [0.05, 0.1) is 12.8 Å². The number of carbonyl (C=O) groups excluding carboxylic acids is 1. The van der Waals surface area contributed by atoms with Crippen molar-refractivity contribution in [2.75, 3.05) is 6.54 Å². The molecular weight excluding hydrogens is 297 g/mol. The van der Waals surface area contributed by atoms with E-state index in [9.17, 15) is 14.3 Å². The highest BCUT2D eigenvalue weighted by molar-refractivity contribution is 5.76. The van der Waals surface area contributed by atoms with Crippen LogP contribution >= 0.6 is 0 Å². The van der Waals surface area contributed by atoms with Crippen LogP contribution in [0.25, 0.3) is 0 Å². The largest absolute Gasteiger partial charge is 0.469 e. The van der Waals surface area contributed by atoms with E-state index in [4.69, 9.17) is 4.42 Å². The van der Waals surface area contributed by atoms with E-state index in [1.165, 1.54) is 6.07 Å². The van der Waals surface area contributed by atoms with Crippen LogP contribution in [0, 0.1) is 5.82 Å². The molecule has 1 aromatic heterocycles. The van der Waals surface area contributed by atoms with Crippen molar-refractivity contribution in [2.45, 2.75) is 37.7 Å². The maximum atomic E-state index is 13.5. The number of furan rings is 1. The van der Waals surface area contributed by atoms with Gasteiger partial charge in [0.1, 0.15) is 17.2 Å². The Balaban J connectivity index is 1.55. The molecule has 4 nitrogen and oxygen atoms in total. The summed E-state index contributed by atoms with van der Waals surface area (Å²) in [5.74, 6) is 0.297. The molecule has 122 valence electrons. The van der Waals surface area contributed by atoms with Crippen molar-refractivity contribution in [3.05, 3.63) is 59.3 Å². The topological polar surface area (TPSA) is 62.5 Å². The SMILES string of the molecule is O=C(CCc1ccccc1F)NCC1(O)CCCc2occc21. The minimum Gasteiger partial charge on any atom is -0.469 e. The Bertz CT molecular complexity index is 697. The Hall–Kier alpha value is -2.14. The Kier molecular flexibility index (Phi) is 4.48. The van der Waals surface area contributed by atoms with Gasteiger partial charge in [0.25, 0.3) is 0 Å². The molecule has 0 spiro atoms. The van der Waals surface area contributed by atoms with E-state index < -0.39 is 5.60 Å². The number of benzene rings is 1. The van der Waals surface area contributed by atoms with Gasteiger partial charge in [0.2, 0.25) is 5.91 Å². The highest BCUT2D eigenvalue weighted by Gasteiger charge is 2.36. The molecule has 0 fully saturated rings. The molecule has 2 aromatic rings. The van der Waals surface area contributed by atoms with Gasteiger partial charge in [-0.05, 0) is 37.0 Å². The average Bonchev–Trinajstić information content (AvgIpc) is 3.03. The molecule has 0 saturated heterocycles. The zero-order valence-corrected chi connectivity index (χ0v) is 12.8. The van der Waals surface area contributed by atoms with Crippen LogP contribution < -0.4 is 5.32 Å². The lowest BCUT2D eigenvalue weighted by atomic mass is 9.83. The van der Waals surface area contributed by atoms with Crippen LogP contribution in [-0.4, -0.2) is 17.6 Å². The van der Waals surface area contributed by atoms with Crippen molar-refractivity contribution < 1.29 is 18.7 Å². The Morgan fingerprint density at radius 2 is 2.17 bits per heavy atom. The highest BCUT2D eigenvalue weighted by atomic mass is 19.1. The summed E-state index contributed by atoms with van der Waals surface area (Å²) < 4.78 is 18.9. The molecular formula is C18H20FNO3. The molecule has 2 N–H and O–H groups in total. The van der Waals surface area contributed by atoms with Crippen LogP contribution in [-0.2, 0) is 23.2 Å². The first kappa shape index (κ1) is 15.7. The number of aliphatic hydroxyl groups is 1. The molecule has 0 saturated carbocycles. The minimum atomic E-state index is -1.08. The predicted octanol–water partition coefficient (Wildman–Crippen LogP) is 2.69. The summed E-state index contributed by atoms with van der Waals surface area (Å²) in [6.45, 7) is 0.148. The summed E-state index contributed by atoms with van der Waals surface area (Å²) in [5.41, 5.74) is 0.211. The van der Waals surface area contributed by atoms with Gasteiger partial charge in [-0.15, -0.1) is 0 Å². The molecule has 1 amide bonds. The first-order valence-electron chi connectivity index (χ1n) is 7.88. The fourth-order valence-corrected chi connectivity index (χ4v) is 3.09. The molecule has 1 aromatic carbocycles. The van der Waals surface area contributed by atoms with Gasteiger partial charge in [-0.2, -0.15) is 0 Å². The number of nitrogens with one attached hydrogen (secondary N) is 1. The van der Waals surface area contributed by atoms with Crippen LogP contribution in [0.2, 0.25) is 0 Å². The van der Waals surface area contributed by atoms with E-state index in [1.807, 2.05) is 0 Å². The summed E-state index contributed by atoms with van der Waals surface area (Å²) in [5, 5.41) is 13.5. The average molecular weight is 317 g/mol. The zero-order chi connectivity index (χ0) is 16.3. The molecule has 1 aliphatic carbocycles. The van der Waals surface area contributed by atoms with Crippen LogP contribution in [0.3, 0.4) is 0 Å². The summed E-state index contributed by atoms with van der Waals surface area (Å²) in [4.78, 5) is 12.0. The maximum Gasteiger partial charge on any atom is 0.220 e. The Labute approximate surface area is 134 Å². The van der Waals surface area contributed by atoms with Gasteiger partial charge in [-0.25, -0.2) is 4.39 Å². The number of halogens is 1. The molecule has 0 bridgehead atoms. The standard InChI is InChI=1S/C18H20FNO3/c19-15-5-2-1-4-13(15)7-8-17(21)20-12-18(22)10-3-6-16-14(18)9-11-23-16/h1-2,4-5,9,11,22H,3,6-8,10,12H2,(H,20,21). The Morgan fingerprint density at radius 3 is 3.00 bits per heavy atom. The lowest BCUT2D eigenvalue weighted by Gasteiger charge is -2.31. The first-order valence-corrected chi connectivity index (χ1v) is 7.88. The lowest BCUT2D eigenvalue weighted by molar-refractivity contribution is -0.122.